The molecule has 0 saturated carbocycles. The first-order valence-electron chi connectivity index (χ1n) is 11.2. The van der Waals surface area contributed by atoms with Crippen LogP contribution in [0, 0.1) is 5.92 Å². The molecule has 1 amide bonds. The van der Waals surface area contributed by atoms with Crippen molar-refractivity contribution in [3.05, 3.63) is 94.2 Å². The second-order valence-electron chi connectivity index (χ2n) is 8.07. The number of halogens is 2. The van der Waals surface area contributed by atoms with Gasteiger partial charge in [0.25, 0.3) is 0 Å². The molecule has 2 heterocycles. The molecule has 1 unspecified atom stereocenters. The molecule has 5 nitrogen and oxygen atoms in total. The average molecular weight is 484 g/mol. The summed E-state index contributed by atoms with van der Waals surface area (Å²) < 4.78 is 5.96. The molecule has 0 spiro atoms. The van der Waals surface area contributed by atoms with Gasteiger partial charge in [0.15, 0.2) is 0 Å². The van der Waals surface area contributed by atoms with Gasteiger partial charge < -0.3 is 15.0 Å². The van der Waals surface area contributed by atoms with E-state index in [1.54, 1.807) is 18.3 Å². The molecule has 4 rings (SSSR count). The zero-order valence-corrected chi connectivity index (χ0v) is 19.8. The molecule has 7 heteroatoms. The fraction of sp³-hybridized carbons (Fsp3) is 0.308. The van der Waals surface area contributed by atoms with Gasteiger partial charge in [-0.25, -0.2) is 0 Å². The number of pyridine rings is 1. The minimum atomic E-state index is -0.339. The molecular formula is C26H27Cl2N3O2. The highest BCUT2D eigenvalue weighted by Crippen LogP contribution is 2.31. The van der Waals surface area contributed by atoms with E-state index in [-0.39, 0.29) is 17.9 Å². The van der Waals surface area contributed by atoms with Crippen molar-refractivity contribution in [2.24, 2.45) is 5.92 Å². The second kappa shape index (κ2) is 11.5. The number of rotatable bonds is 8. The molecule has 1 aromatic heterocycles. The van der Waals surface area contributed by atoms with Crippen LogP contribution in [0.25, 0.3) is 0 Å². The Morgan fingerprint density at radius 2 is 1.82 bits per heavy atom. The lowest BCUT2D eigenvalue weighted by Gasteiger charge is -2.35. The average Bonchev–Trinajstić information content (AvgIpc) is 2.85. The van der Waals surface area contributed by atoms with Crippen LogP contribution in [0.15, 0.2) is 72.9 Å². The number of piperidine rings is 1. The van der Waals surface area contributed by atoms with E-state index in [0.29, 0.717) is 28.9 Å². The number of ether oxygens (including phenoxy) is 1. The highest BCUT2D eigenvalue weighted by molar-refractivity contribution is 6.30. The van der Waals surface area contributed by atoms with E-state index in [1.807, 2.05) is 59.5 Å². The Balaban J connectivity index is 1.64. The van der Waals surface area contributed by atoms with Crippen LogP contribution in [0.1, 0.15) is 30.1 Å². The number of nitrogens with one attached hydrogen (secondary N) is 1. The standard InChI is InChI=1S/C26H27Cl2N3O2/c27-21-9-7-19(8-10-21)25(24-6-1-2-13-30-24)31(26(32)20-11-14-29-15-12-20)16-17-33-23-5-3-4-22(28)18-23/h1-10,13,18,20,25,29H,11-12,14-17H2. The zero-order chi connectivity index (χ0) is 23.0. The number of benzene rings is 2. The first-order valence-corrected chi connectivity index (χ1v) is 11.9. The van der Waals surface area contributed by atoms with Crippen molar-refractivity contribution in [1.82, 2.24) is 15.2 Å². The van der Waals surface area contributed by atoms with Crippen LogP contribution in [-0.2, 0) is 4.79 Å². The van der Waals surface area contributed by atoms with Gasteiger partial charge in [0, 0.05) is 22.2 Å². The molecular weight excluding hydrogens is 457 g/mol. The lowest BCUT2D eigenvalue weighted by atomic mass is 9.93. The molecule has 2 aromatic carbocycles. The predicted molar refractivity (Wildman–Crippen MR) is 132 cm³/mol. The van der Waals surface area contributed by atoms with Crippen molar-refractivity contribution in [1.29, 1.82) is 0 Å². The number of hydrogen-bond donors (Lipinski definition) is 1. The maximum Gasteiger partial charge on any atom is 0.226 e. The lowest BCUT2D eigenvalue weighted by Crippen LogP contribution is -2.45. The minimum Gasteiger partial charge on any atom is -0.492 e. The summed E-state index contributed by atoms with van der Waals surface area (Å²) in [6, 6.07) is 20.4. The zero-order valence-electron chi connectivity index (χ0n) is 18.3. The summed E-state index contributed by atoms with van der Waals surface area (Å²) in [6.07, 6.45) is 3.40. The van der Waals surface area contributed by atoms with Crippen LogP contribution in [0.4, 0.5) is 0 Å². The van der Waals surface area contributed by atoms with Gasteiger partial charge in [0.2, 0.25) is 5.91 Å². The maximum absolute atomic E-state index is 13.8. The van der Waals surface area contributed by atoms with Crippen molar-refractivity contribution in [2.75, 3.05) is 26.2 Å². The Morgan fingerprint density at radius 3 is 2.52 bits per heavy atom. The number of carbonyl (C=O) groups is 1. The predicted octanol–water partition coefficient (Wildman–Crippen LogP) is 5.39. The first-order chi connectivity index (χ1) is 16.1. The summed E-state index contributed by atoms with van der Waals surface area (Å²) >= 11 is 12.2. The molecule has 0 bridgehead atoms. The monoisotopic (exact) mass is 483 g/mol. The molecule has 1 N–H and O–H groups in total. The van der Waals surface area contributed by atoms with E-state index < -0.39 is 0 Å². The van der Waals surface area contributed by atoms with Gasteiger partial charge in [0.1, 0.15) is 12.4 Å². The van der Waals surface area contributed by atoms with Crippen LogP contribution >= 0.6 is 23.2 Å². The molecule has 1 atom stereocenters. The molecule has 172 valence electrons. The van der Waals surface area contributed by atoms with E-state index in [2.05, 4.69) is 10.3 Å². The number of nitrogens with zero attached hydrogens (tertiary/aromatic N) is 2. The number of hydrogen-bond acceptors (Lipinski definition) is 4. The normalized spacial score (nSPS) is 15.1. The van der Waals surface area contributed by atoms with Crippen molar-refractivity contribution in [3.63, 3.8) is 0 Å². The topological polar surface area (TPSA) is 54.5 Å². The second-order valence-corrected chi connectivity index (χ2v) is 8.94. The van der Waals surface area contributed by atoms with Gasteiger partial charge in [-0.2, -0.15) is 0 Å². The maximum atomic E-state index is 13.8. The summed E-state index contributed by atoms with van der Waals surface area (Å²) in [4.78, 5) is 20.3. The largest absolute Gasteiger partial charge is 0.492 e. The Morgan fingerprint density at radius 1 is 1.03 bits per heavy atom. The summed E-state index contributed by atoms with van der Waals surface area (Å²) in [6.45, 7) is 2.45. The summed E-state index contributed by atoms with van der Waals surface area (Å²) in [5, 5.41) is 4.61. The molecule has 0 radical (unpaired) electrons. The Labute approximate surface area is 204 Å². The summed E-state index contributed by atoms with van der Waals surface area (Å²) in [7, 11) is 0. The van der Waals surface area contributed by atoms with Crippen molar-refractivity contribution in [3.8, 4) is 5.75 Å². The van der Waals surface area contributed by atoms with Gasteiger partial charge in [-0.05, 0) is 74.0 Å². The van der Waals surface area contributed by atoms with Crippen LogP contribution in [0.5, 0.6) is 5.75 Å². The quantitative estimate of drug-likeness (QED) is 0.466. The van der Waals surface area contributed by atoms with Crippen LogP contribution < -0.4 is 10.1 Å². The summed E-state index contributed by atoms with van der Waals surface area (Å²) in [5.41, 5.74) is 1.77. The van der Waals surface area contributed by atoms with E-state index in [0.717, 1.165) is 37.2 Å². The molecule has 1 saturated heterocycles. The molecule has 33 heavy (non-hydrogen) atoms. The fourth-order valence-corrected chi connectivity index (χ4v) is 4.49. The van der Waals surface area contributed by atoms with Crippen molar-refractivity contribution >= 4 is 29.1 Å². The third kappa shape index (κ3) is 6.26. The first kappa shape index (κ1) is 23.6. The Kier molecular flexibility index (Phi) is 8.21. The summed E-state index contributed by atoms with van der Waals surface area (Å²) in [5.74, 6) is 0.769. The smallest absolute Gasteiger partial charge is 0.226 e. The van der Waals surface area contributed by atoms with Crippen molar-refractivity contribution < 1.29 is 9.53 Å². The number of aromatic nitrogens is 1. The fourth-order valence-electron chi connectivity index (χ4n) is 4.18. The minimum absolute atomic E-state index is 0.0315. The van der Waals surface area contributed by atoms with E-state index in [9.17, 15) is 4.79 Å². The molecule has 1 aliphatic rings. The molecule has 0 aliphatic carbocycles. The van der Waals surface area contributed by atoms with E-state index in [1.165, 1.54) is 0 Å². The highest BCUT2D eigenvalue weighted by atomic mass is 35.5. The van der Waals surface area contributed by atoms with Crippen molar-refractivity contribution in [2.45, 2.75) is 18.9 Å². The molecule has 1 aliphatic heterocycles. The number of carbonyl (C=O) groups excluding carboxylic acids is 1. The highest BCUT2D eigenvalue weighted by Gasteiger charge is 2.33. The van der Waals surface area contributed by atoms with E-state index in [4.69, 9.17) is 27.9 Å². The Bertz CT molecular complexity index is 1040. The third-order valence-electron chi connectivity index (χ3n) is 5.83. The Hall–Kier alpha value is -2.60. The SMILES string of the molecule is O=C(C1CCNCC1)N(CCOc1cccc(Cl)c1)C(c1ccc(Cl)cc1)c1ccccn1. The van der Waals surface area contributed by atoms with Crippen LogP contribution in [0.2, 0.25) is 10.0 Å². The van der Waals surface area contributed by atoms with Gasteiger partial charge >= 0.3 is 0 Å². The van der Waals surface area contributed by atoms with Gasteiger partial charge in [-0.15, -0.1) is 0 Å². The molecule has 1 fully saturated rings. The lowest BCUT2D eigenvalue weighted by molar-refractivity contribution is -0.138. The third-order valence-corrected chi connectivity index (χ3v) is 6.32. The van der Waals surface area contributed by atoms with Crippen LogP contribution in [-0.4, -0.2) is 42.0 Å². The van der Waals surface area contributed by atoms with Crippen LogP contribution in [0.3, 0.4) is 0 Å². The van der Waals surface area contributed by atoms with Gasteiger partial charge in [-0.3, -0.25) is 9.78 Å². The van der Waals surface area contributed by atoms with Gasteiger partial charge in [0.05, 0.1) is 18.3 Å². The number of amides is 1. The van der Waals surface area contributed by atoms with E-state index >= 15 is 0 Å². The van der Waals surface area contributed by atoms with Gasteiger partial charge in [-0.1, -0.05) is 47.5 Å². The molecule has 3 aromatic rings.